The fourth-order valence-electron chi connectivity index (χ4n) is 4.42. The van der Waals surface area contributed by atoms with Crippen LogP contribution in [0.3, 0.4) is 0 Å². The Balaban J connectivity index is 1.98. The molecule has 3 rings (SSSR count). The molecular weight excluding hydrogens is 324 g/mol. The van der Waals surface area contributed by atoms with Crippen molar-refractivity contribution < 1.29 is 4.79 Å². The van der Waals surface area contributed by atoms with E-state index in [9.17, 15) is 4.79 Å². The zero-order valence-electron chi connectivity index (χ0n) is 16.7. The van der Waals surface area contributed by atoms with Crippen LogP contribution in [0.5, 0.6) is 0 Å². The predicted molar refractivity (Wildman–Crippen MR) is 105 cm³/mol. The zero-order valence-corrected chi connectivity index (χ0v) is 16.7. The lowest BCUT2D eigenvalue weighted by Gasteiger charge is -2.22. The van der Waals surface area contributed by atoms with Crippen molar-refractivity contribution in [3.63, 3.8) is 0 Å². The van der Waals surface area contributed by atoms with Crippen LogP contribution in [-0.2, 0) is 0 Å². The minimum atomic E-state index is 0.114. The van der Waals surface area contributed by atoms with E-state index >= 15 is 0 Å². The van der Waals surface area contributed by atoms with Gasteiger partial charge in [0.2, 0.25) is 0 Å². The molecule has 0 saturated carbocycles. The van der Waals surface area contributed by atoms with E-state index in [0.717, 1.165) is 40.9 Å². The van der Waals surface area contributed by atoms with E-state index in [-0.39, 0.29) is 5.78 Å². The summed E-state index contributed by atoms with van der Waals surface area (Å²) in [7, 11) is 0. The fraction of sp³-hybridized carbons (Fsp3) is 0.524. The zero-order chi connectivity index (χ0) is 19.0. The number of benzene rings is 1. The number of Topliss-reactive ketones (excluding diaryl/α,β-unsaturated/α-hetero) is 1. The molecule has 26 heavy (non-hydrogen) atoms. The number of hydrazine groups is 1. The van der Waals surface area contributed by atoms with Crippen LogP contribution in [0.4, 0.5) is 0 Å². The lowest BCUT2D eigenvalue weighted by atomic mass is 9.91. The van der Waals surface area contributed by atoms with Gasteiger partial charge in [0.05, 0.1) is 0 Å². The van der Waals surface area contributed by atoms with Gasteiger partial charge in [-0.05, 0) is 71.1 Å². The fourth-order valence-corrected chi connectivity index (χ4v) is 4.42. The number of carbonyl (C=O) groups excluding carboxylic acids is 1. The number of rotatable bonds is 5. The van der Waals surface area contributed by atoms with Crippen molar-refractivity contribution in [2.45, 2.75) is 72.5 Å². The number of ketones is 1. The maximum Gasteiger partial charge on any atom is 0.160 e. The summed E-state index contributed by atoms with van der Waals surface area (Å²) >= 11 is 0. The summed E-state index contributed by atoms with van der Waals surface area (Å²) in [5, 5.41) is 0. The molecule has 1 aromatic heterocycles. The van der Waals surface area contributed by atoms with Crippen LogP contribution < -0.4 is 10.9 Å². The molecule has 2 aromatic rings. The average Bonchev–Trinajstić information content (AvgIpc) is 3.15. The SMILES string of the molecule is CC(=O)c1c(C)cc(C)c(-c2nccn2C(C)CC2CC(C)NN2)c1C. The van der Waals surface area contributed by atoms with Crippen molar-refractivity contribution >= 4 is 5.78 Å². The highest BCUT2D eigenvalue weighted by atomic mass is 16.1. The maximum atomic E-state index is 12.2. The number of aromatic nitrogens is 2. The first-order valence-corrected chi connectivity index (χ1v) is 9.45. The Bertz CT molecular complexity index is 824. The molecular formula is C21H30N4O. The summed E-state index contributed by atoms with van der Waals surface area (Å²) in [5.41, 5.74) is 11.8. The van der Waals surface area contributed by atoms with E-state index in [1.165, 1.54) is 5.56 Å². The van der Waals surface area contributed by atoms with Gasteiger partial charge in [-0.1, -0.05) is 6.07 Å². The van der Waals surface area contributed by atoms with Crippen molar-refractivity contribution in [2.24, 2.45) is 0 Å². The molecule has 1 fully saturated rings. The van der Waals surface area contributed by atoms with Crippen LogP contribution in [0.25, 0.3) is 11.4 Å². The van der Waals surface area contributed by atoms with Crippen LogP contribution in [0.2, 0.25) is 0 Å². The molecule has 0 aliphatic carbocycles. The first kappa shape index (κ1) is 18.8. The standard InChI is InChI=1S/C21H30N4O/c1-12-9-13(2)20(16(5)19(12)17(6)26)21-22-7-8-25(21)15(4)11-18-10-14(3)23-24-18/h7-9,14-15,18,23-24H,10-11H2,1-6H3. The first-order valence-electron chi connectivity index (χ1n) is 9.45. The molecule has 0 radical (unpaired) electrons. The number of aryl methyl sites for hydroxylation is 2. The van der Waals surface area contributed by atoms with Crippen LogP contribution in [0.1, 0.15) is 66.7 Å². The van der Waals surface area contributed by atoms with Gasteiger partial charge in [-0.2, -0.15) is 0 Å². The molecule has 140 valence electrons. The van der Waals surface area contributed by atoms with E-state index in [2.05, 4.69) is 53.4 Å². The quantitative estimate of drug-likeness (QED) is 0.800. The van der Waals surface area contributed by atoms with Crippen molar-refractivity contribution in [1.29, 1.82) is 0 Å². The summed E-state index contributed by atoms with van der Waals surface area (Å²) < 4.78 is 2.25. The summed E-state index contributed by atoms with van der Waals surface area (Å²) in [6.07, 6.45) is 6.08. The largest absolute Gasteiger partial charge is 0.328 e. The number of nitrogens with zero attached hydrogens (tertiary/aromatic N) is 2. The lowest BCUT2D eigenvalue weighted by Crippen LogP contribution is -2.33. The molecule has 3 atom stereocenters. The molecule has 1 saturated heterocycles. The predicted octanol–water partition coefficient (Wildman–Crippen LogP) is 3.88. The molecule has 5 nitrogen and oxygen atoms in total. The van der Waals surface area contributed by atoms with Gasteiger partial charge in [-0.15, -0.1) is 0 Å². The van der Waals surface area contributed by atoms with Gasteiger partial charge in [0.15, 0.2) is 5.78 Å². The van der Waals surface area contributed by atoms with E-state index in [4.69, 9.17) is 0 Å². The summed E-state index contributed by atoms with van der Waals surface area (Å²) in [6, 6.07) is 3.39. The van der Waals surface area contributed by atoms with E-state index < -0.39 is 0 Å². The van der Waals surface area contributed by atoms with Gasteiger partial charge in [0.1, 0.15) is 5.82 Å². The van der Waals surface area contributed by atoms with Crippen LogP contribution in [0, 0.1) is 20.8 Å². The Labute approximate surface area is 156 Å². The Hall–Kier alpha value is -1.98. The minimum absolute atomic E-state index is 0.114. The van der Waals surface area contributed by atoms with Gasteiger partial charge in [0, 0.05) is 41.6 Å². The molecule has 0 amide bonds. The maximum absolute atomic E-state index is 12.2. The van der Waals surface area contributed by atoms with Crippen molar-refractivity contribution in [1.82, 2.24) is 20.4 Å². The third-order valence-electron chi connectivity index (χ3n) is 5.49. The minimum Gasteiger partial charge on any atom is -0.328 e. The molecule has 0 spiro atoms. The highest BCUT2D eigenvalue weighted by Gasteiger charge is 2.25. The Morgan fingerprint density at radius 2 is 2.04 bits per heavy atom. The second kappa shape index (κ2) is 7.33. The Kier molecular flexibility index (Phi) is 5.30. The second-order valence-corrected chi connectivity index (χ2v) is 7.81. The monoisotopic (exact) mass is 354 g/mol. The number of hydrogen-bond donors (Lipinski definition) is 2. The highest BCUT2D eigenvalue weighted by Crippen LogP contribution is 2.33. The topological polar surface area (TPSA) is 59.0 Å². The van der Waals surface area contributed by atoms with Gasteiger partial charge < -0.3 is 4.57 Å². The molecule has 3 unspecified atom stereocenters. The van der Waals surface area contributed by atoms with Crippen LogP contribution in [-0.4, -0.2) is 27.4 Å². The summed E-state index contributed by atoms with van der Waals surface area (Å²) in [5.74, 6) is 1.07. The number of hydrogen-bond acceptors (Lipinski definition) is 4. The molecule has 1 aliphatic heterocycles. The molecule has 2 N–H and O–H groups in total. The van der Waals surface area contributed by atoms with Gasteiger partial charge in [0.25, 0.3) is 0 Å². The summed E-state index contributed by atoms with van der Waals surface area (Å²) in [6.45, 7) is 12.2. The molecule has 1 aromatic carbocycles. The number of nitrogens with one attached hydrogen (secondary N) is 2. The van der Waals surface area contributed by atoms with Crippen molar-refractivity contribution in [3.8, 4) is 11.4 Å². The van der Waals surface area contributed by atoms with E-state index in [0.29, 0.717) is 18.1 Å². The summed E-state index contributed by atoms with van der Waals surface area (Å²) in [4.78, 5) is 16.8. The smallest absolute Gasteiger partial charge is 0.160 e. The van der Waals surface area contributed by atoms with E-state index in [1.54, 1.807) is 6.92 Å². The second-order valence-electron chi connectivity index (χ2n) is 7.81. The first-order chi connectivity index (χ1) is 12.3. The van der Waals surface area contributed by atoms with E-state index in [1.807, 2.05) is 20.0 Å². The van der Waals surface area contributed by atoms with Gasteiger partial charge >= 0.3 is 0 Å². The third kappa shape index (κ3) is 3.46. The average molecular weight is 354 g/mol. The Morgan fingerprint density at radius 3 is 2.65 bits per heavy atom. The molecule has 2 heterocycles. The lowest BCUT2D eigenvalue weighted by molar-refractivity contribution is 0.101. The molecule has 1 aliphatic rings. The number of imidazole rings is 1. The molecule has 0 bridgehead atoms. The molecule has 5 heteroatoms. The van der Waals surface area contributed by atoms with Crippen LogP contribution in [0.15, 0.2) is 18.5 Å². The number of carbonyl (C=O) groups is 1. The van der Waals surface area contributed by atoms with Gasteiger partial charge in [-0.3, -0.25) is 15.6 Å². The Morgan fingerprint density at radius 1 is 1.31 bits per heavy atom. The van der Waals surface area contributed by atoms with Crippen LogP contribution >= 0.6 is 0 Å². The van der Waals surface area contributed by atoms with Crippen molar-refractivity contribution in [2.75, 3.05) is 0 Å². The van der Waals surface area contributed by atoms with Gasteiger partial charge in [-0.25, -0.2) is 4.98 Å². The highest BCUT2D eigenvalue weighted by molar-refractivity contribution is 5.99. The van der Waals surface area contributed by atoms with Crippen molar-refractivity contribution in [3.05, 3.63) is 40.7 Å². The third-order valence-corrected chi connectivity index (χ3v) is 5.49. The normalized spacial score (nSPS) is 21.2.